The van der Waals surface area contributed by atoms with Gasteiger partial charge >= 0.3 is 11.7 Å². The molecule has 1 N–H and O–H groups in total. The Labute approximate surface area is 170 Å². The molecule has 0 radical (unpaired) electrons. The number of nitrogens with zero attached hydrogens (tertiary/aromatic N) is 1. The molecule has 1 aliphatic heterocycles. The summed E-state index contributed by atoms with van der Waals surface area (Å²) in [6, 6.07) is 7.21. The van der Waals surface area contributed by atoms with E-state index in [-0.39, 0.29) is 12.1 Å². The maximum absolute atomic E-state index is 13.7. The van der Waals surface area contributed by atoms with E-state index in [0.29, 0.717) is 16.5 Å². The SMILES string of the molecule is Cc1ccc2c(CN3C(=O)NC(C)(c4ccc(F)c(F)c4)C3=O)cc(=O)oc2c1C. The number of benzene rings is 2. The van der Waals surface area contributed by atoms with Gasteiger partial charge < -0.3 is 9.73 Å². The fraction of sp³-hybridized carbons (Fsp3) is 0.227. The lowest BCUT2D eigenvalue weighted by Crippen LogP contribution is -2.41. The average Bonchev–Trinajstić information content (AvgIpc) is 2.91. The van der Waals surface area contributed by atoms with Crippen LogP contribution in [0.3, 0.4) is 0 Å². The molecule has 2 heterocycles. The molecule has 1 aromatic heterocycles. The maximum Gasteiger partial charge on any atom is 0.336 e. The number of carbonyl (C=O) groups excluding carboxylic acids is 2. The van der Waals surface area contributed by atoms with Gasteiger partial charge in [0, 0.05) is 11.5 Å². The molecule has 3 aromatic rings. The molecule has 1 aliphatic rings. The summed E-state index contributed by atoms with van der Waals surface area (Å²) in [7, 11) is 0. The second-order valence-corrected chi connectivity index (χ2v) is 7.55. The number of hydrogen-bond acceptors (Lipinski definition) is 4. The van der Waals surface area contributed by atoms with Crippen LogP contribution in [0, 0.1) is 25.5 Å². The van der Waals surface area contributed by atoms with Crippen molar-refractivity contribution in [3.63, 3.8) is 0 Å². The molecular weight excluding hydrogens is 394 g/mol. The number of urea groups is 1. The zero-order valence-corrected chi connectivity index (χ0v) is 16.5. The number of fused-ring (bicyclic) bond motifs is 1. The Morgan fingerprint density at radius 1 is 1.03 bits per heavy atom. The van der Waals surface area contributed by atoms with E-state index in [1.165, 1.54) is 19.1 Å². The summed E-state index contributed by atoms with van der Waals surface area (Å²) in [5.74, 6) is -2.81. The van der Waals surface area contributed by atoms with Gasteiger partial charge in [-0.3, -0.25) is 9.69 Å². The minimum atomic E-state index is -1.56. The van der Waals surface area contributed by atoms with Crippen molar-refractivity contribution in [3.05, 3.63) is 80.7 Å². The molecule has 1 saturated heterocycles. The van der Waals surface area contributed by atoms with Crippen LogP contribution in [-0.4, -0.2) is 16.8 Å². The third-order valence-corrected chi connectivity index (χ3v) is 5.62. The van der Waals surface area contributed by atoms with Crippen molar-refractivity contribution in [1.29, 1.82) is 0 Å². The molecule has 0 aliphatic carbocycles. The number of rotatable bonds is 3. The van der Waals surface area contributed by atoms with E-state index in [0.717, 1.165) is 28.2 Å². The minimum absolute atomic E-state index is 0.117. The predicted molar refractivity (Wildman–Crippen MR) is 105 cm³/mol. The van der Waals surface area contributed by atoms with E-state index < -0.39 is 34.7 Å². The monoisotopic (exact) mass is 412 g/mol. The molecule has 2 aromatic carbocycles. The highest BCUT2D eigenvalue weighted by atomic mass is 19.2. The fourth-order valence-electron chi connectivity index (χ4n) is 3.67. The summed E-state index contributed by atoms with van der Waals surface area (Å²) < 4.78 is 32.3. The summed E-state index contributed by atoms with van der Waals surface area (Å²) in [6.45, 7) is 4.95. The highest BCUT2D eigenvalue weighted by Crippen LogP contribution is 2.32. The van der Waals surface area contributed by atoms with Crippen molar-refractivity contribution in [2.45, 2.75) is 32.9 Å². The fourth-order valence-corrected chi connectivity index (χ4v) is 3.67. The molecule has 8 heteroatoms. The van der Waals surface area contributed by atoms with Crippen molar-refractivity contribution >= 4 is 22.9 Å². The third kappa shape index (κ3) is 2.96. The number of hydrogen-bond donors (Lipinski definition) is 1. The van der Waals surface area contributed by atoms with E-state index in [1.807, 2.05) is 19.9 Å². The van der Waals surface area contributed by atoms with Gasteiger partial charge in [-0.05, 0) is 55.2 Å². The van der Waals surface area contributed by atoms with Gasteiger partial charge in [-0.2, -0.15) is 0 Å². The molecule has 6 nitrogen and oxygen atoms in total. The molecule has 4 rings (SSSR count). The molecule has 30 heavy (non-hydrogen) atoms. The first-order valence-corrected chi connectivity index (χ1v) is 9.24. The summed E-state index contributed by atoms with van der Waals surface area (Å²) in [5.41, 5.74) is 0.523. The van der Waals surface area contributed by atoms with Crippen LogP contribution in [0.5, 0.6) is 0 Å². The number of aryl methyl sites for hydroxylation is 2. The van der Waals surface area contributed by atoms with Crippen molar-refractivity contribution in [3.8, 4) is 0 Å². The molecule has 3 amide bonds. The minimum Gasteiger partial charge on any atom is -0.422 e. The Morgan fingerprint density at radius 2 is 1.77 bits per heavy atom. The van der Waals surface area contributed by atoms with E-state index in [4.69, 9.17) is 4.42 Å². The van der Waals surface area contributed by atoms with Crippen molar-refractivity contribution in [2.75, 3.05) is 0 Å². The highest BCUT2D eigenvalue weighted by Gasteiger charge is 2.49. The summed E-state index contributed by atoms with van der Waals surface area (Å²) in [6.07, 6.45) is 0. The Kier molecular flexibility index (Phi) is 4.45. The van der Waals surface area contributed by atoms with E-state index >= 15 is 0 Å². The zero-order chi connectivity index (χ0) is 21.8. The number of imide groups is 1. The number of nitrogens with one attached hydrogen (secondary N) is 1. The lowest BCUT2D eigenvalue weighted by Gasteiger charge is -2.22. The van der Waals surface area contributed by atoms with Crippen molar-refractivity contribution < 1.29 is 22.8 Å². The first kappa shape index (κ1) is 19.8. The molecular formula is C22H18F2N2O4. The van der Waals surface area contributed by atoms with Gasteiger partial charge in [0.1, 0.15) is 11.1 Å². The molecule has 154 valence electrons. The predicted octanol–water partition coefficient (Wildman–Crippen LogP) is 3.66. The number of carbonyl (C=O) groups is 2. The number of amides is 3. The van der Waals surface area contributed by atoms with Gasteiger partial charge in [-0.15, -0.1) is 0 Å². The topological polar surface area (TPSA) is 79.6 Å². The Balaban J connectivity index is 1.75. The third-order valence-electron chi connectivity index (χ3n) is 5.62. The van der Waals surface area contributed by atoms with E-state index in [9.17, 15) is 23.2 Å². The van der Waals surface area contributed by atoms with Gasteiger partial charge in [0.2, 0.25) is 0 Å². The van der Waals surface area contributed by atoms with Crippen LogP contribution in [0.4, 0.5) is 13.6 Å². The molecule has 0 bridgehead atoms. The van der Waals surface area contributed by atoms with Crippen LogP contribution < -0.4 is 10.9 Å². The van der Waals surface area contributed by atoms with Gasteiger partial charge in [0.05, 0.1) is 6.54 Å². The zero-order valence-electron chi connectivity index (χ0n) is 16.5. The van der Waals surface area contributed by atoms with Gasteiger partial charge in [-0.25, -0.2) is 18.4 Å². The van der Waals surface area contributed by atoms with Gasteiger partial charge in [0.15, 0.2) is 11.6 Å². The second-order valence-electron chi connectivity index (χ2n) is 7.55. The first-order valence-electron chi connectivity index (χ1n) is 9.24. The summed E-state index contributed by atoms with van der Waals surface area (Å²) in [5, 5.41) is 3.15. The van der Waals surface area contributed by atoms with Crippen LogP contribution in [0.25, 0.3) is 11.0 Å². The van der Waals surface area contributed by atoms with Crippen LogP contribution in [-0.2, 0) is 16.9 Å². The molecule has 1 unspecified atom stereocenters. The lowest BCUT2D eigenvalue weighted by atomic mass is 9.92. The van der Waals surface area contributed by atoms with Gasteiger partial charge in [0.25, 0.3) is 5.91 Å². The van der Waals surface area contributed by atoms with Crippen molar-refractivity contribution in [1.82, 2.24) is 10.2 Å². The maximum atomic E-state index is 13.7. The highest BCUT2D eigenvalue weighted by molar-refractivity contribution is 6.07. The van der Waals surface area contributed by atoms with E-state index in [1.54, 1.807) is 6.07 Å². The summed E-state index contributed by atoms with van der Waals surface area (Å²) >= 11 is 0. The van der Waals surface area contributed by atoms with Crippen LogP contribution in [0.1, 0.15) is 29.2 Å². The quantitative estimate of drug-likeness (QED) is 0.526. The van der Waals surface area contributed by atoms with Crippen LogP contribution >= 0.6 is 0 Å². The lowest BCUT2D eigenvalue weighted by molar-refractivity contribution is -0.131. The Hall–Kier alpha value is -3.55. The Morgan fingerprint density at radius 3 is 2.47 bits per heavy atom. The standard InChI is InChI=1S/C22H18F2N2O4/c1-11-4-6-15-13(8-18(27)30-19(15)12(11)2)10-26-20(28)22(3,25-21(26)29)14-5-7-16(23)17(24)9-14/h4-9H,10H2,1-3H3,(H,25,29). The molecule has 0 spiro atoms. The van der Waals surface area contributed by atoms with Gasteiger partial charge in [-0.1, -0.05) is 18.2 Å². The Bertz CT molecular complexity index is 1280. The van der Waals surface area contributed by atoms with E-state index in [2.05, 4.69) is 5.32 Å². The van der Waals surface area contributed by atoms with Crippen LogP contribution in [0.2, 0.25) is 0 Å². The van der Waals surface area contributed by atoms with Crippen molar-refractivity contribution in [2.24, 2.45) is 0 Å². The molecule has 1 atom stereocenters. The number of halogens is 2. The second kappa shape index (κ2) is 6.76. The summed E-state index contributed by atoms with van der Waals surface area (Å²) in [4.78, 5) is 38.7. The average molecular weight is 412 g/mol. The first-order chi connectivity index (χ1) is 14.1. The largest absolute Gasteiger partial charge is 0.422 e. The smallest absolute Gasteiger partial charge is 0.336 e. The molecule has 0 saturated carbocycles. The molecule has 1 fully saturated rings. The van der Waals surface area contributed by atoms with Crippen LogP contribution in [0.15, 0.2) is 45.6 Å². The normalized spacial score (nSPS) is 18.9.